The Kier molecular flexibility index (Phi) is 12.8. The number of carbonyl (C=O) groups is 1. The molecule has 0 saturated heterocycles. The Morgan fingerprint density at radius 2 is 1.60 bits per heavy atom. The summed E-state index contributed by atoms with van der Waals surface area (Å²) in [6, 6.07) is 5.54. The molecule has 6 nitrogen and oxygen atoms in total. The first-order chi connectivity index (χ1) is 14.4. The van der Waals surface area contributed by atoms with Crippen LogP contribution in [0.15, 0.2) is 72.9 Å². The Bertz CT molecular complexity index is 724. The second-order valence-electron chi connectivity index (χ2n) is 6.40. The van der Waals surface area contributed by atoms with Crippen LogP contribution in [-0.4, -0.2) is 53.3 Å². The van der Waals surface area contributed by atoms with Crippen LogP contribution in [0.25, 0.3) is 0 Å². The van der Waals surface area contributed by atoms with Crippen molar-refractivity contribution < 1.29 is 34.0 Å². The van der Waals surface area contributed by atoms with Gasteiger partial charge in [0.1, 0.15) is 24.3 Å². The zero-order valence-electron chi connectivity index (χ0n) is 16.9. The van der Waals surface area contributed by atoms with Gasteiger partial charge in [-0.1, -0.05) is 48.6 Å². The first-order valence-electron chi connectivity index (χ1n) is 9.60. The molecule has 0 fully saturated rings. The van der Waals surface area contributed by atoms with Gasteiger partial charge in [0.25, 0.3) is 0 Å². The van der Waals surface area contributed by atoms with Gasteiger partial charge < -0.3 is 24.8 Å². The normalized spacial score (nSPS) is 15.2. The molecular formula is C23H29FO6. The van der Waals surface area contributed by atoms with Gasteiger partial charge in [-0.2, -0.15) is 0 Å². The van der Waals surface area contributed by atoms with E-state index in [1.54, 1.807) is 42.5 Å². The summed E-state index contributed by atoms with van der Waals surface area (Å²) in [6.45, 7) is 0.0500. The van der Waals surface area contributed by atoms with Gasteiger partial charge in [0.15, 0.2) is 0 Å². The lowest BCUT2D eigenvalue weighted by molar-refractivity contribution is -0.140. The summed E-state index contributed by atoms with van der Waals surface area (Å²) >= 11 is 0. The smallest absolute Gasteiger partial charge is 0.305 e. The monoisotopic (exact) mass is 420 g/mol. The molecule has 0 amide bonds. The van der Waals surface area contributed by atoms with Crippen molar-refractivity contribution in [2.75, 3.05) is 13.7 Å². The van der Waals surface area contributed by atoms with E-state index in [0.717, 1.165) is 0 Å². The minimum absolute atomic E-state index is 0.0500. The Morgan fingerprint density at radius 1 is 1.00 bits per heavy atom. The van der Waals surface area contributed by atoms with Crippen LogP contribution >= 0.6 is 0 Å². The van der Waals surface area contributed by atoms with Crippen molar-refractivity contribution in [2.45, 2.75) is 37.6 Å². The second-order valence-corrected chi connectivity index (χ2v) is 6.40. The third-order valence-electron chi connectivity index (χ3n) is 3.93. The highest BCUT2D eigenvalue weighted by Crippen LogP contribution is 2.11. The lowest BCUT2D eigenvalue weighted by atomic mass is 10.1. The van der Waals surface area contributed by atoms with Crippen LogP contribution in [0, 0.1) is 5.82 Å². The fourth-order valence-corrected chi connectivity index (χ4v) is 2.25. The summed E-state index contributed by atoms with van der Waals surface area (Å²) in [4.78, 5) is 11.0. The predicted octanol–water partition coefficient (Wildman–Crippen LogP) is 2.86. The van der Waals surface area contributed by atoms with E-state index in [1.165, 1.54) is 37.5 Å². The summed E-state index contributed by atoms with van der Waals surface area (Å²) in [6.07, 6.45) is 11.3. The van der Waals surface area contributed by atoms with Gasteiger partial charge in [-0.15, -0.1) is 0 Å². The molecule has 7 heteroatoms. The van der Waals surface area contributed by atoms with Crippen LogP contribution in [0.1, 0.15) is 19.3 Å². The lowest BCUT2D eigenvalue weighted by Crippen LogP contribution is -2.23. The predicted molar refractivity (Wildman–Crippen MR) is 112 cm³/mol. The van der Waals surface area contributed by atoms with E-state index in [1.807, 2.05) is 0 Å². The molecule has 0 heterocycles. The number of carbonyl (C=O) groups excluding carboxylic acids is 1. The van der Waals surface area contributed by atoms with Crippen molar-refractivity contribution in [1.29, 1.82) is 0 Å². The molecule has 0 spiro atoms. The van der Waals surface area contributed by atoms with Gasteiger partial charge in [0, 0.05) is 6.42 Å². The molecule has 164 valence electrons. The molecule has 0 aliphatic heterocycles. The number of hydrogen-bond donors (Lipinski definition) is 3. The van der Waals surface area contributed by atoms with Crippen LogP contribution in [0.4, 0.5) is 4.39 Å². The van der Waals surface area contributed by atoms with Gasteiger partial charge in [-0.25, -0.2) is 4.39 Å². The van der Waals surface area contributed by atoms with E-state index in [4.69, 9.17) is 4.74 Å². The van der Waals surface area contributed by atoms with E-state index in [9.17, 15) is 24.5 Å². The Hall–Kier alpha value is -2.74. The highest BCUT2D eigenvalue weighted by Gasteiger charge is 2.13. The quantitative estimate of drug-likeness (QED) is 0.335. The second kappa shape index (κ2) is 15.1. The maximum atomic E-state index is 12.8. The number of aliphatic hydroxyl groups is 3. The van der Waals surface area contributed by atoms with E-state index in [0.29, 0.717) is 18.6 Å². The van der Waals surface area contributed by atoms with Gasteiger partial charge in [0.2, 0.25) is 0 Å². The molecule has 3 atom stereocenters. The number of esters is 1. The third kappa shape index (κ3) is 12.0. The Morgan fingerprint density at radius 3 is 2.23 bits per heavy atom. The molecule has 1 rings (SSSR count). The van der Waals surface area contributed by atoms with Gasteiger partial charge in [-0.05, 0) is 37.1 Å². The molecule has 0 aliphatic carbocycles. The molecule has 0 aromatic heterocycles. The highest BCUT2D eigenvalue weighted by atomic mass is 19.1. The van der Waals surface area contributed by atoms with Crippen molar-refractivity contribution >= 4 is 5.97 Å². The SMILES string of the molecule is COC(=O)CCC[C@H](O)[C@H](O)/C=C/C=C/C=C\C=C\[C@H](O)COc1ccc(F)cc1. The van der Waals surface area contributed by atoms with Crippen LogP contribution in [0.2, 0.25) is 0 Å². The summed E-state index contributed by atoms with van der Waals surface area (Å²) in [5.74, 6) is -0.217. The average Bonchev–Trinajstić information content (AvgIpc) is 2.74. The maximum Gasteiger partial charge on any atom is 0.305 e. The molecule has 0 bridgehead atoms. The van der Waals surface area contributed by atoms with Gasteiger partial charge in [-0.3, -0.25) is 4.79 Å². The number of benzene rings is 1. The first kappa shape index (κ1) is 25.3. The minimum atomic E-state index is -1.02. The van der Waals surface area contributed by atoms with Crippen LogP contribution in [0.5, 0.6) is 5.75 Å². The van der Waals surface area contributed by atoms with Crippen molar-refractivity contribution in [3.05, 3.63) is 78.7 Å². The van der Waals surface area contributed by atoms with Crippen LogP contribution in [0.3, 0.4) is 0 Å². The summed E-state index contributed by atoms with van der Waals surface area (Å²) in [5.41, 5.74) is 0. The molecule has 1 aromatic carbocycles. The first-order valence-corrected chi connectivity index (χ1v) is 9.60. The molecule has 0 aliphatic rings. The fourth-order valence-electron chi connectivity index (χ4n) is 2.25. The lowest BCUT2D eigenvalue weighted by Gasteiger charge is -2.13. The number of hydrogen-bond acceptors (Lipinski definition) is 6. The van der Waals surface area contributed by atoms with E-state index in [2.05, 4.69) is 4.74 Å². The number of methoxy groups -OCH3 is 1. The highest BCUT2D eigenvalue weighted by molar-refractivity contribution is 5.68. The van der Waals surface area contributed by atoms with Crippen molar-refractivity contribution in [1.82, 2.24) is 0 Å². The standard InChI is InChI=1S/C23H29FO6/c1-29-23(28)12-8-11-22(27)21(26)10-7-5-3-2-4-6-9-19(25)17-30-20-15-13-18(24)14-16-20/h2-7,9-10,13-16,19,21-22,25-27H,8,11-12,17H2,1H3/b4-2-,5-3+,9-6+,10-7+/t19-,21+,22-/m0/s1. The minimum Gasteiger partial charge on any atom is -0.491 e. The molecule has 0 unspecified atom stereocenters. The summed E-state index contributed by atoms with van der Waals surface area (Å²) in [7, 11) is 1.31. The summed E-state index contributed by atoms with van der Waals surface area (Å²) < 4.78 is 22.6. The molecule has 30 heavy (non-hydrogen) atoms. The molecule has 3 N–H and O–H groups in total. The van der Waals surface area contributed by atoms with Crippen LogP contribution < -0.4 is 4.74 Å². The Balaban J connectivity index is 2.23. The Labute approximate surface area is 176 Å². The van der Waals surface area contributed by atoms with Gasteiger partial charge in [0.05, 0.1) is 19.3 Å². The molecule has 0 saturated carbocycles. The van der Waals surface area contributed by atoms with Crippen molar-refractivity contribution in [3.8, 4) is 5.75 Å². The largest absolute Gasteiger partial charge is 0.491 e. The number of aliphatic hydroxyl groups excluding tert-OH is 3. The van der Waals surface area contributed by atoms with Gasteiger partial charge >= 0.3 is 5.97 Å². The number of halogens is 1. The summed E-state index contributed by atoms with van der Waals surface area (Å²) in [5, 5.41) is 29.4. The number of rotatable bonds is 13. The van der Waals surface area contributed by atoms with E-state index < -0.39 is 18.3 Å². The van der Waals surface area contributed by atoms with E-state index >= 15 is 0 Å². The molecule has 1 aromatic rings. The number of allylic oxidation sites excluding steroid dienone is 6. The topological polar surface area (TPSA) is 96.2 Å². The third-order valence-corrected chi connectivity index (χ3v) is 3.93. The van der Waals surface area contributed by atoms with Crippen molar-refractivity contribution in [3.63, 3.8) is 0 Å². The zero-order valence-corrected chi connectivity index (χ0v) is 16.9. The fraction of sp³-hybridized carbons (Fsp3) is 0.348. The van der Waals surface area contributed by atoms with Crippen molar-refractivity contribution in [2.24, 2.45) is 0 Å². The molecular weight excluding hydrogens is 391 g/mol. The zero-order chi connectivity index (χ0) is 22.2. The number of ether oxygens (including phenoxy) is 2. The average molecular weight is 420 g/mol. The van der Waals surface area contributed by atoms with Crippen LogP contribution in [-0.2, 0) is 9.53 Å². The molecule has 0 radical (unpaired) electrons. The maximum absolute atomic E-state index is 12.8. The van der Waals surface area contributed by atoms with E-state index in [-0.39, 0.29) is 24.8 Å².